The van der Waals surface area contributed by atoms with E-state index in [1.54, 1.807) is 0 Å². The van der Waals surface area contributed by atoms with Gasteiger partial charge in [-0.15, -0.1) is 0 Å². The van der Waals surface area contributed by atoms with Crippen LogP contribution in [0.15, 0.2) is 24.3 Å². The number of hydrogen-bond donors (Lipinski definition) is 2. The highest BCUT2D eigenvalue weighted by Crippen LogP contribution is 2.19. The zero-order chi connectivity index (χ0) is 13.1. The first-order chi connectivity index (χ1) is 8.63. The third-order valence-corrected chi connectivity index (χ3v) is 3.40. The molecule has 5 heteroatoms. The van der Waals surface area contributed by atoms with E-state index in [9.17, 15) is 4.79 Å². The standard InChI is InChI=1S/C13H20N4O/c1-10-9-16(2)7-8-17(10)13(18)11-5-3-4-6-12(11)15-14/h3-6,10,15H,7-9,14H2,1-2H3. The van der Waals surface area contributed by atoms with Gasteiger partial charge in [-0.2, -0.15) is 0 Å². The van der Waals surface area contributed by atoms with Crippen LogP contribution in [-0.4, -0.2) is 48.4 Å². The van der Waals surface area contributed by atoms with Gasteiger partial charge < -0.3 is 15.2 Å². The fourth-order valence-electron chi connectivity index (χ4n) is 2.39. The van der Waals surface area contributed by atoms with Gasteiger partial charge in [0.25, 0.3) is 5.91 Å². The van der Waals surface area contributed by atoms with Crippen LogP contribution in [-0.2, 0) is 0 Å². The lowest BCUT2D eigenvalue weighted by Gasteiger charge is -2.38. The zero-order valence-electron chi connectivity index (χ0n) is 10.9. The maximum Gasteiger partial charge on any atom is 0.256 e. The van der Waals surface area contributed by atoms with Crippen LogP contribution in [0.25, 0.3) is 0 Å². The van der Waals surface area contributed by atoms with Crippen molar-refractivity contribution in [3.63, 3.8) is 0 Å². The lowest BCUT2D eigenvalue weighted by molar-refractivity contribution is 0.0534. The van der Waals surface area contributed by atoms with Gasteiger partial charge in [-0.05, 0) is 26.1 Å². The van der Waals surface area contributed by atoms with Gasteiger partial charge in [0, 0.05) is 25.7 Å². The third kappa shape index (κ3) is 2.47. The van der Waals surface area contributed by atoms with E-state index in [2.05, 4.69) is 24.3 Å². The number of amides is 1. The van der Waals surface area contributed by atoms with E-state index >= 15 is 0 Å². The molecule has 1 aliphatic rings. The van der Waals surface area contributed by atoms with E-state index in [0.29, 0.717) is 11.3 Å². The molecule has 1 unspecified atom stereocenters. The Morgan fingerprint density at radius 3 is 2.78 bits per heavy atom. The summed E-state index contributed by atoms with van der Waals surface area (Å²) in [6.45, 7) is 4.65. The van der Waals surface area contributed by atoms with E-state index in [4.69, 9.17) is 5.84 Å². The van der Waals surface area contributed by atoms with Crippen LogP contribution in [0.3, 0.4) is 0 Å². The highest BCUT2D eigenvalue weighted by Gasteiger charge is 2.27. The quantitative estimate of drug-likeness (QED) is 0.599. The Balaban J connectivity index is 2.20. The Bertz CT molecular complexity index is 435. The number of nitrogen functional groups attached to an aromatic ring is 1. The van der Waals surface area contributed by atoms with Gasteiger partial charge in [0.2, 0.25) is 0 Å². The maximum atomic E-state index is 12.5. The molecule has 1 aromatic carbocycles. The monoisotopic (exact) mass is 248 g/mol. The topological polar surface area (TPSA) is 61.6 Å². The van der Waals surface area contributed by atoms with Crippen molar-refractivity contribution in [2.45, 2.75) is 13.0 Å². The summed E-state index contributed by atoms with van der Waals surface area (Å²) in [5.74, 6) is 5.49. The van der Waals surface area contributed by atoms with Gasteiger partial charge in [0.15, 0.2) is 0 Å². The number of nitrogens with one attached hydrogen (secondary N) is 1. The van der Waals surface area contributed by atoms with E-state index in [-0.39, 0.29) is 11.9 Å². The summed E-state index contributed by atoms with van der Waals surface area (Å²) in [6.07, 6.45) is 0. The summed E-state index contributed by atoms with van der Waals surface area (Å²) >= 11 is 0. The van der Waals surface area contributed by atoms with Gasteiger partial charge in [-0.1, -0.05) is 12.1 Å². The fraction of sp³-hybridized carbons (Fsp3) is 0.462. The third-order valence-electron chi connectivity index (χ3n) is 3.40. The predicted octanol–water partition coefficient (Wildman–Crippen LogP) is 0.748. The molecule has 0 saturated carbocycles. The summed E-state index contributed by atoms with van der Waals surface area (Å²) in [5.41, 5.74) is 3.89. The Labute approximate surface area is 108 Å². The molecule has 1 heterocycles. The largest absolute Gasteiger partial charge is 0.333 e. The molecular formula is C13H20N4O. The van der Waals surface area contributed by atoms with Crippen LogP contribution in [0.1, 0.15) is 17.3 Å². The first-order valence-corrected chi connectivity index (χ1v) is 6.18. The van der Waals surface area contributed by atoms with Crippen LogP contribution in [0, 0.1) is 0 Å². The van der Waals surface area contributed by atoms with Gasteiger partial charge in [-0.25, -0.2) is 0 Å². The molecule has 0 spiro atoms. The van der Waals surface area contributed by atoms with E-state index in [0.717, 1.165) is 19.6 Å². The molecule has 1 saturated heterocycles. The number of likely N-dealkylation sites (N-methyl/N-ethyl adjacent to an activating group) is 1. The smallest absolute Gasteiger partial charge is 0.256 e. The highest BCUT2D eigenvalue weighted by molar-refractivity contribution is 5.99. The highest BCUT2D eigenvalue weighted by atomic mass is 16.2. The molecule has 98 valence electrons. The molecule has 0 aromatic heterocycles. The lowest BCUT2D eigenvalue weighted by Crippen LogP contribution is -2.52. The second-order valence-electron chi connectivity index (χ2n) is 4.80. The molecule has 18 heavy (non-hydrogen) atoms. The SMILES string of the molecule is CC1CN(C)CCN1C(=O)c1ccccc1NN. The average molecular weight is 248 g/mol. The fourth-order valence-corrected chi connectivity index (χ4v) is 2.39. The van der Waals surface area contributed by atoms with Crippen molar-refractivity contribution in [3.8, 4) is 0 Å². The number of carbonyl (C=O) groups excluding carboxylic acids is 1. The summed E-state index contributed by atoms with van der Waals surface area (Å²) in [7, 11) is 2.08. The first kappa shape index (κ1) is 12.9. The number of benzene rings is 1. The summed E-state index contributed by atoms with van der Waals surface area (Å²) in [6, 6.07) is 7.56. The normalized spacial score (nSPS) is 20.8. The van der Waals surface area contributed by atoms with Crippen LogP contribution in [0.2, 0.25) is 0 Å². The molecule has 0 aliphatic carbocycles. The molecule has 1 amide bonds. The van der Waals surface area contributed by atoms with Crippen LogP contribution in [0.4, 0.5) is 5.69 Å². The van der Waals surface area contributed by atoms with Gasteiger partial charge in [-0.3, -0.25) is 10.6 Å². The number of hydrogen-bond acceptors (Lipinski definition) is 4. The molecule has 2 rings (SSSR count). The van der Waals surface area contributed by atoms with Crippen molar-refractivity contribution in [1.82, 2.24) is 9.80 Å². The number of piperazine rings is 1. The number of nitrogens with two attached hydrogens (primary N) is 1. The van der Waals surface area contributed by atoms with Crippen molar-refractivity contribution in [2.24, 2.45) is 5.84 Å². The van der Waals surface area contributed by atoms with E-state index in [1.165, 1.54) is 0 Å². The second-order valence-corrected chi connectivity index (χ2v) is 4.80. The number of nitrogens with zero attached hydrogens (tertiary/aromatic N) is 2. The van der Waals surface area contributed by atoms with Gasteiger partial charge >= 0.3 is 0 Å². The van der Waals surface area contributed by atoms with Crippen molar-refractivity contribution in [3.05, 3.63) is 29.8 Å². The van der Waals surface area contributed by atoms with Crippen molar-refractivity contribution in [2.75, 3.05) is 32.1 Å². The summed E-state index contributed by atoms with van der Waals surface area (Å²) in [4.78, 5) is 16.7. The lowest BCUT2D eigenvalue weighted by atomic mass is 10.1. The van der Waals surface area contributed by atoms with Crippen molar-refractivity contribution < 1.29 is 4.79 Å². The summed E-state index contributed by atoms with van der Waals surface area (Å²) < 4.78 is 0. The number of hydrazine groups is 1. The van der Waals surface area contributed by atoms with Crippen molar-refractivity contribution >= 4 is 11.6 Å². The molecule has 1 aliphatic heterocycles. The molecule has 0 bridgehead atoms. The summed E-state index contributed by atoms with van der Waals surface area (Å²) in [5, 5.41) is 0. The predicted molar refractivity (Wildman–Crippen MR) is 72.2 cm³/mol. The Morgan fingerprint density at radius 2 is 2.11 bits per heavy atom. The molecule has 3 N–H and O–H groups in total. The Hall–Kier alpha value is -1.59. The minimum Gasteiger partial charge on any atom is -0.333 e. The zero-order valence-corrected chi connectivity index (χ0v) is 10.9. The number of carbonyl (C=O) groups is 1. The van der Waals surface area contributed by atoms with Gasteiger partial charge in [0.05, 0.1) is 11.3 Å². The maximum absolute atomic E-state index is 12.5. The minimum atomic E-state index is 0.0455. The van der Waals surface area contributed by atoms with Gasteiger partial charge in [0.1, 0.15) is 0 Å². The number of para-hydroxylation sites is 1. The molecule has 5 nitrogen and oxygen atoms in total. The first-order valence-electron chi connectivity index (χ1n) is 6.18. The number of rotatable bonds is 2. The van der Waals surface area contributed by atoms with Crippen molar-refractivity contribution in [1.29, 1.82) is 0 Å². The Morgan fingerprint density at radius 1 is 1.39 bits per heavy atom. The number of anilines is 1. The molecule has 0 radical (unpaired) electrons. The molecule has 1 aromatic rings. The molecule has 1 atom stereocenters. The molecule has 1 fully saturated rings. The van der Waals surface area contributed by atoms with E-state index in [1.807, 2.05) is 29.2 Å². The second kappa shape index (κ2) is 5.37. The van der Waals surface area contributed by atoms with Crippen LogP contribution < -0.4 is 11.3 Å². The van der Waals surface area contributed by atoms with Crippen LogP contribution in [0.5, 0.6) is 0 Å². The van der Waals surface area contributed by atoms with E-state index < -0.39 is 0 Å². The minimum absolute atomic E-state index is 0.0455. The molecular weight excluding hydrogens is 228 g/mol. The average Bonchev–Trinajstić information content (AvgIpc) is 2.38. The Kier molecular flexibility index (Phi) is 3.84. The van der Waals surface area contributed by atoms with Crippen LogP contribution >= 0.6 is 0 Å².